The van der Waals surface area contributed by atoms with Gasteiger partial charge >= 0.3 is 0 Å². The van der Waals surface area contributed by atoms with Crippen LogP contribution in [0.2, 0.25) is 0 Å². The first kappa shape index (κ1) is 12.8. The molecule has 1 heterocycles. The molecule has 0 saturated carbocycles. The summed E-state index contributed by atoms with van der Waals surface area (Å²) in [4.78, 5) is 13.5. The van der Waals surface area contributed by atoms with Crippen LogP contribution < -0.4 is 5.32 Å². The summed E-state index contributed by atoms with van der Waals surface area (Å²) in [6.45, 7) is 2.66. The van der Waals surface area contributed by atoms with E-state index in [-0.39, 0.29) is 13.2 Å². The molecule has 0 fully saturated rings. The van der Waals surface area contributed by atoms with Crippen LogP contribution in [0.15, 0.2) is 12.7 Å². The second kappa shape index (κ2) is 7.91. The molecular formula is C9H17N5O2. The molecule has 0 unspecified atom stereocenters. The molecule has 1 rings (SSSR count). The second-order valence-electron chi connectivity index (χ2n) is 3.18. The summed E-state index contributed by atoms with van der Waals surface area (Å²) >= 11 is 0. The first-order chi connectivity index (χ1) is 7.86. The fourth-order valence-corrected chi connectivity index (χ4v) is 1.27. The van der Waals surface area contributed by atoms with Crippen molar-refractivity contribution in [2.24, 2.45) is 0 Å². The van der Waals surface area contributed by atoms with E-state index in [9.17, 15) is 0 Å². The van der Waals surface area contributed by atoms with Gasteiger partial charge in [-0.2, -0.15) is 0 Å². The minimum Gasteiger partial charge on any atom is -0.395 e. The monoisotopic (exact) mass is 227 g/mol. The maximum atomic E-state index is 8.80. The molecule has 0 atom stereocenters. The molecule has 0 bridgehead atoms. The fourth-order valence-electron chi connectivity index (χ4n) is 1.27. The SMILES string of the molecule is OCCN(CCO)CCNc1ncncn1. The van der Waals surface area contributed by atoms with Gasteiger partial charge in [0.05, 0.1) is 13.2 Å². The maximum Gasteiger partial charge on any atom is 0.225 e. The molecule has 1 aromatic heterocycles. The highest BCUT2D eigenvalue weighted by atomic mass is 16.3. The minimum atomic E-state index is 0.0890. The zero-order chi connectivity index (χ0) is 11.6. The molecule has 90 valence electrons. The molecule has 1 aromatic rings. The lowest BCUT2D eigenvalue weighted by atomic mass is 10.4. The van der Waals surface area contributed by atoms with Crippen molar-refractivity contribution < 1.29 is 10.2 Å². The van der Waals surface area contributed by atoms with Gasteiger partial charge in [-0.3, -0.25) is 4.90 Å². The zero-order valence-corrected chi connectivity index (χ0v) is 9.08. The third kappa shape index (κ3) is 4.96. The van der Waals surface area contributed by atoms with Crippen molar-refractivity contribution in [2.75, 3.05) is 44.7 Å². The Hall–Kier alpha value is -1.31. The van der Waals surface area contributed by atoms with Crippen molar-refractivity contribution >= 4 is 5.95 Å². The van der Waals surface area contributed by atoms with Gasteiger partial charge in [-0.1, -0.05) is 0 Å². The Labute approximate surface area is 94.2 Å². The number of anilines is 1. The average molecular weight is 227 g/mol. The van der Waals surface area contributed by atoms with E-state index >= 15 is 0 Å². The van der Waals surface area contributed by atoms with Gasteiger partial charge < -0.3 is 15.5 Å². The molecule has 0 radical (unpaired) electrons. The van der Waals surface area contributed by atoms with Crippen LogP contribution in [0.3, 0.4) is 0 Å². The van der Waals surface area contributed by atoms with Gasteiger partial charge in [-0.25, -0.2) is 15.0 Å². The molecule has 0 saturated heterocycles. The number of nitrogens with zero attached hydrogens (tertiary/aromatic N) is 4. The molecule has 0 aromatic carbocycles. The van der Waals surface area contributed by atoms with Gasteiger partial charge in [0.25, 0.3) is 0 Å². The normalized spacial score (nSPS) is 10.7. The summed E-state index contributed by atoms with van der Waals surface area (Å²) in [6, 6.07) is 0. The Kier molecular flexibility index (Phi) is 6.31. The van der Waals surface area contributed by atoms with E-state index in [1.54, 1.807) is 0 Å². The number of aromatic nitrogens is 3. The van der Waals surface area contributed by atoms with E-state index in [2.05, 4.69) is 20.3 Å². The number of aliphatic hydroxyl groups excluding tert-OH is 2. The van der Waals surface area contributed by atoms with Crippen LogP contribution >= 0.6 is 0 Å². The highest BCUT2D eigenvalue weighted by molar-refractivity contribution is 5.20. The average Bonchev–Trinajstić information content (AvgIpc) is 2.31. The molecule has 0 amide bonds. The summed E-state index contributed by atoms with van der Waals surface area (Å²) in [6.07, 6.45) is 2.85. The Morgan fingerprint density at radius 1 is 1.06 bits per heavy atom. The van der Waals surface area contributed by atoms with E-state index in [0.29, 0.717) is 32.1 Å². The van der Waals surface area contributed by atoms with Crippen LogP contribution in [-0.2, 0) is 0 Å². The summed E-state index contributed by atoms with van der Waals surface area (Å²) in [5, 5.41) is 20.6. The van der Waals surface area contributed by atoms with Crippen LogP contribution in [0.4, 0.5) is 5.95 Å². The third-order valence-corrected chi connectivity index (χ3v) is 2.04. The predicted octanol–water partition coefficient (Wildman–Crippen LogP) is -1.43. The van der Waals surface area contributed by atoms with Crippen LogP contribution in [0.5, 0.6) is 0 Å². The van der Waals surface area contributed by atoms with Gasteiger partial charge in [0.15, 0.2) is 0 Å². The number of aliphatic hydroxyl groups is 2. The Bertz CT molecular complexity index is 266. The molecule has 0 aliphatic carbocycles. The molecule has 16 heavy (non-hydrogen) atoms. The van der Waals surface area contributed by atoms with Crippen LogP contribution in [0.25, 0.3) is 0 Å². The lowest BCUT2D eigenvalue weighted by molar-refractivity contribution is 0.165. The van der Waals surface area contributed by atoms with Crippen LogP contribution in [-0.4, -0.2) is 69.5 Å². The first-order valence-corrected chi connectivity index (χ1v) is 5.16. The topological polar surface area (TPSA) is 94.4 Å². The number of hydrogen-bond donors (Lipinski definition) is 3. The predicted molar refractivity (Wildman–Crippen MR) is 58.9 cm³/mol. The smallest absolute Gasteiger partial charge is 0.225 e. The van der Waals surface area contributed by atoms with Gasteiger partial charge in [0.1, 0.15) is 12.7 Å². The van der Waals surface area contributed by atoms with Gasteiger partial charge in [-0.05, 0) is 0 Å². The number of nitrogens with one attached hydrogen (secondary N) is 1. The molecule has 0 aliphatic rings. The summed E-state index contributed by atoms with van der Waals surface area (Å²) in [5.41, 5.74) is 0. The lowest BCUT2D eigenvalue weighted by Gasteiger charge is -2.19. The van der Waals surface area contributed by atoms with E-state index in [4.69, 9.17) is 10.2 Å². The van der Waals surface area contributed by atoms with E-state index in [0.717, 1.165) is 0 Å². The molecule has 7 nitrogen and oxygen atoms in total. The molecule has 0 aliphatic heterocycles. The third-order valence-electron chi connectivity index (χ3n) is 2.04. The summed E-state index contributed by atoms with van der Waals surface area (Å²) < 4.78 is 0. The number of hydrogen-bond acceptors (Lipinski definition) is 7. The highest BCUT2D eigenvalue weighted by Crippen LogP contribution is 1.92. The van der Waals surface area contributed by atoms with Crippen molar-refractivity contribution in [3.05, 3.63) is 12.7 Å². The molecule has 7 heteroatoms. The minimum absolute atomic E-state index is 0.0890. The van der Waals surface area contributed by atoms with E-state index in [1.165, 1.54) is 12.7 Å². The van der Waals surface area contributed by atoms with E-state index in [1.807, 2.05) is 4.90 Å². The van der Waals surface area contributed by atoms with Gasteiger partial charge in [0, 0.05) is 26.2 Å². The lowest BCUT2D eigenvalue weighted by Crippen LogP contribution is -2.34. The van der Waals surface area contributed by atoms with Gasteiger partial charge in [0.2, 0.25) is 5.95 Å². The molecule has 0 spiro atoms. The summed E-state index contributed by atoms with van der Waals surface area (Å²) in [7, 11) is 0. The van der Waals surface area contributed by atoms with Crippen molar-refractivity contribution in [1.29, 1.82) is 0 Å². The van der Waals surface area contributed by atoms with Gasteiger partial charge in [-0.15, -0.1) is 0 Å². The molecule has 3 N–H and O–H groups in total. The highest BCUT2D eigenvalue weighted by Gasteiger charge is 2.02. The standard InChI is InChI=1S/C9H17N5O2/c15-5-3-14(4-6-16)2-1-11-9-12-7-10-8-13-9/h7-8,15-16H,1-6H2,(H,10,11,12,13). The Balaban J connectivity index is 2.22. The van der Waals surface area contributed by atoms with Crippen molar-refractivity contribution in [3.8, 4) is 0 Å². The summed E-state index contributed by atoms with van der Waals surface area (Å²) in [5.74, 6) is 0.531. The van der Waals surface area contributed by atoms with Crippen molar-refractivity contribution in [1.82, 2.24) is 19.9 Å². The second-order valence-corrected chi connectivity index (χ2v) is 3.18. The van der Waals surface area contributed by atoms with E-state index < -0.39 is 0 Å². The fraction of sp³-hybridized carbons (Fsp3) is 0.667. The Morgan fingerprint density at radius 3 is 2.25 bits per heavy atom. The van der Waals surface area contributed by atoms with Crippen LogP contribution in [0, 0.1) is 0 Å². The van der Waals surface area contributed by atoms with Crippen LogP contribution in [0.1, 0.15) is 0 Å². The zero-order valence-electron chi connectivity index (χ0n) is 9.08. The van der Waals surface area contributed by atoms with Crippen molar-refractivity contribution in [2.45, 2.75) is 0 Å². The Morgan fingerprint density at radius 2 is 1.69 bits per heavy atom. The largest absolute Gasteiger partial charge is 0.395 e. The number of rotatable bonds is 8. The van der Waals surface area contributed by atoms with Crippen molar-refractivity contribution in [3.63, 3.8) is 0 Å². The molecular weight excluding hydrogens is 210 g/mol. The first-order valence-electron chi connectivity index (χ1n) is 5.16. The quantitative estimate of drug-likeness (QED) is 0.501. The maximum absolute atomic E-state index is 8.80.